The first-order valence-corrected chi connectivity index (χ1v) is 4.60. The largest absolute Gasteiger partial charge is 0.306 e. The minimum atomic E-state index is 0.987. The van der Waals surface area contributed by atoms with Crippen LogP contribution in [0.5, 0.6) is 0 Å². The fourth-order valence-electron chi connectivity index (χ4n) is 1.15. The SMILES string of the molecule is CN1CC[C@H](CI)C1. The molecule has 0 aromatic rings. The van der Waals surface area contributed by atoms with Crippen molar-refractivity contribution >= 4 is 22.6 Å². The summed E-state index contributed by atoms with van der Waals surface area (Å²) in [6.07, 6.45) is 1.42. The summed E-state index contributed by atoms with van der Waals surface area (Å²) < 4.78 is 1.34. The second-order valence-electron chi connectivity index (χ2n) is 2.57. The fourth-order valence-corrected chi connectivity index (χ4v) is 1.87. The van der Waals surface area contributed by atoms with Gasteiger partial charge in [0.25, 0.3) is 0 Å². The number of rotatable bonds is 1. The van der Waals surface area contributed by atoms with Gasteiger partial charge in [-0.25, -0.2) is 0 Å². The molecule has 1 aliphatic rings. The molecule has 1 rings (SSSR count). The molecule has 0 unspecified atom stereocenters. The first-order chi connectivity index (χ1) is 3.83. The van der Waals surface area contributed by atoms with Crippen molar-refractivity contribution in [2.24, 2.45) is 5.92 Å². The molecule has 0 amide bonds. The maximum Gasteiger partial charge on any atom is 0.00363 e. The molecule has 2 heteroatoms. The van der Waals surface area contributed by atoms with E-state index in [1.54, 1.807) is 0 Å². The molecule has 0 N–H and O–H groups in total. The molecule has 1 heterocycles. The van der Waals surface area contributed by atoms with Gasteiger partial charge in [0, 0.05) is 11.0 Å². The van der Waals surface area contributed by atoms with Gasteiger partial charge in [0.05, 0.1) is 0 Å². The molecule has 0 aromatic carbocycles. The molecule has 1 atom stereocenters. The standard InChI is InChI=1S/C6H12IN/c1-8-3-2-6(4-7)5-8/h6H,2-5H2,1H3/t6-/m1/s1. The van der Waals surface area contributed by atoms with E-state index in [0.29, 0.717) is 0 Å². The maximum atomic E-state index is 2.47. The lowest BCUT2D eigenvalue weighted by atomic mass is 10.2. The Morgan fingerprint density at radius 1 is 1.75 bits per heavy atom. The number of hydrogen-bond donors (Lipinski definition) is 0. The summed E-state index contributed by atoms with van der Waals surface area (Å²) in [6.45, 7) is 2.64. The van der Waals surface area contributed by atoms with Gasteiger partial charge < -0.3 is 4.90 Å². The molecule has 1 aliphatic heterocycles. The zero-order valence-corrected chi connectivity index (χ0v) is 7.39. The molecule has 1 saturated heterocycles. The molecule has 1 nitrogen and oxygen atoms in total. The summed E-state index contributed by atoms with van der Waals surface area (Å²) in [7, 11) is 2.20. The highest BCUT2D eigenvalue weighted by Gasteiger charge is 2.16. The van der Waals surface area contributed by atoms with Crippen molar-refractivity contribution in [2.45, 2.75) is 6.42 Å². The van der Waals surface area contributed by atoms with Gasteiger partial charge in [-0.2, -0.15) is 0 Å². The summed E-state index contributed by atoms with van der Waals surface area (Å²) >= 11 is 2.47. The molecular weight excluding hydrogens is 213 g/mol. The van der Waals surface area contributed by atoms with Crippen LogP contribution in [0.15, 0.2) is 0 Å². The van der Waals surface area contributed by atoms with Crippen LogP contribution in [0.3, 0.4) is 0 Å². The Bertz CT molecular complexity index is 74.9. The molecule has 0 aliphatic carbocycles. The van der Waals surface area contributed by atoms with Crippen molar-refractivity contribution in [3.63, 3.8) is 0 Å². The summed E-state index contributed by atoms with van der Waals surface area (Å²) in [5.41, 5.74) is 0. The fraction of sp³-hybridized carbons (Fsp3) is 1.00. The Morgan fingerprint density at radius 2 is 2.50 bits per heavy atom. The van der Waals surface area contributed by atoms with E-state index in [2.05, 4.69) is 34.5 Å². The highest BCUT2D eigenvalue weighted by Crippen LogP contribution is 2.15. The average Bonchev–Trinajstić information content (AvgIpc) is 2.14. The Kier molecular flexibility index (Phi) is 2.56. The second kappa shape index (κ2) is 3.01. The molecule has 8 heavy (non-hydrogen) atoms. The van der Waals surface area contributed by atoms with Crippen LogP contribution in [0.1, 0.15) is 6.42 Å². The van der Waals surface area contributed by atoms with Crippen molar-refractivity contribution in [2.75, 3.05) is 24.6 Å². The van der Waals surface area contributed by atoms with Crippen LogP contribution in [0.25, 0.3) is 0 Å². The van der Waals surface area contributed by atoms with E-state index >= 15 is 0 Å². The Hall–Kier alpha value is 0.690. The lowest BCUT2D eigenvalue weighted by molar-refractivity contribution is 0.404. The lowest BCUT2D eigenvalue weighted by Crippen LogP contribution is -2.14. The molecular formula is C6H12IN. The quantitative estimate of drug-likeness (QED) is 0.481. The minimum Gasteiger partial charge on any atom is -0.306 e. The van der Waals surface area contributed by atoms with Gasteiger partial charge in [0.15, 0.2) is 0 Å². The summed E-state index contributed by atoms with van der Waals surface area (Å²) in [5, 5.41) is 0. The predicted octanol–water partition coefficient (Wildman–Crippen LogP) is 1.37. The third-order valence-corrected chi connectivity index (χ3v) is 2.95. The van der Waals surface area contributed by atoms with Crippen LogP contribution in [0.2, 0.25) is 0 Å². The van der Waals surface area contributed by atoms with E-state index in [9.17, 15) is 0 Å². The summed E-state index contributed by atoms with van der Waals surface area (Å²) in [6, 6.07) is 0. The highest BCUT2D eigenvalue weighted by molar-refractivity contribution is 14.1. The van der Waals surface area contributed by atoms with Crippen molar-refractivity contribution < 1.29 is 0 Å². The Morgan fingerprint density at radius 3 is 2.75 bits per heavy atom. The molecule has 1 fully saturated rings. The van der Waals surface area contributed by atoms with Crippen molar-refractivity contribution in [1.82, 2.24) is 4.90 Å². The minimum absolute atomic E-state index is 0.987. The number of nitrogens with zero attached hydrogens (tertiary/aromatic N) is 1. The van der Waals surface area contributed by atoms with E-state index in [1.807, 2.05) is 0 Å². The normalized spacial score (nSPS) is 31.5. The van der Waals surface area contributed by atoms with Crippen LogP contribution in [-0.4, -0.2) is 29.5 Å². The topological polar surface area (TPSA) is 3.24 Å². The zero-order valence-electron chi connectivity index (χ0n) is 5.23. The number of halogens is 1. The lowest BCUT2D eigenvalue weighted by Gasteiger charge is -2.05. The smallest absolute Gasteiger partial charge is 0.00363 e. The van der Waals surface area contributed by atoms with Gasteiger partial charge in [-0.3, -0.25) is 0 Å². The summed E-state index contributed by atoms with van der Waals surface area (Å²) in [5.74, 6) is 0.987. The van der Waals surface area contributed by atoms with Gasteiger partial charge in [-0.15, -0.1) is 0 Å². The number of likely N-dealkylation sites (tertiary alicyclic amines) is 1. The third kappa shape index (κ3) is 1.58. The van der Waals surface area contributed by atoms with Gasteiger partial charge in [-0.05, 0) is 25.9 Å². The Balaban J connectivity index is 2.22. The van der Waals surface area contributed by atoms with Gasteiger partial charge in [0.1, 0.15) is 0 Å². The van der Waals surface area contributed by atoms with Gasteiger partial charge in [-0.1, -0.05) is 22.6 Å². The predicted molar refractivity (Wildman–Crippen MR) is 44.5 cm³/mol. The molecule has 0 aromatic heterocycles. The molecule has 0 spiro atoms. The van der Waals surface area contributed by atoms with Crippen LogP contribution < -0.4 is 0 Å². The summed E-state index contributed by atoms with van der Waals surface area (Å²) in [4.78, 5) is 2.41. The first kappa shape index (κ1) is 6.81. The average molecular weight is 225 g/mol. The third-order valence-electron chi connectivity index (χ3n) is 1.71. The van der Waals surface area contributed by atoms with Crippen molar-refractivity contribution in [3.05, 3.63) is 0 Å². The maximum absolute atomic E-state index is 2.47. The first-order valence-electron chi connectivity index (χ1n) is 3.07. The monoisotopic (exact) mass is 225 g/mol. The van der Waals surface area contributed by atoms with Crippen molar-refractivity contribution in [3.8, 4) is 0 Å². The Labute approximate surface area is 64.6 Å². The zero-order chi connectivity index (χ0) is 5.98. The van der Waals surface area contributed by atoms with E-state index < -0.39 is 0 Å². The van der Waals surface area contributed by atoms with E-state index in [1.165, 1.54) is 23.9 Å². The van der Waals surface area contributed by atoms with Crippen molar-refractivity contribution in [1.29, 1.82) is 0 Å². The molecule has 0 saturated carbocycles. The van der Waals surface area contributed by atoms with Crippen LogP contribution in [-0.2, 0) is 0 Å². The van der Waals surface area contributed by atoms with Gasteiger partial charge >= 0.3 is 0 Å². The number of hydrogen-bond acceptors (Lipinski definition) is 1. The van der Waals surface area contributed by atoms with Crippen LogP contribution in [0, 0.1) is 5.92 Å². The van der Waals surface area contributed by atoms with E-state index in [-0.39, 0.29) is 0 Å². The molecule has 0 bridgehead atoms. The molecule has 0 radical (unpaired) electrons. The molecule has 48 valence electrons. The number of alkyl halides is 1. The van der Waals surface area contributed by atoms with Gasteiger partial charge in [0.2, 0.25) is 0 Å². The van der Waals surface area contributed by atoms with Crippen LogP contribution >= 0.6 is 22.6 Å². The second-order valence-corrected chi connectivity index (χ2v) is 3.45. The van der Waals surface area contributed by atoms with Crippen LogP contribution in [0.4, 0.5) is 0 Å². The van der Waals surface area contributed by atoms with E-state index in [4.69, 9.17) is 0 Å². The van der Waals surface area contributed by atoms with E-state index in [0.717, 1.165) is 5.92 Å². The highest BCUT2D eigenvalue weighted by atomic mass is 127.